The average Bonchev–Trinajstić information content (AvgIpc) is 3.16. The van der Waals surface area contributed by atoms with Gasteiger partial charge in [0.25, 0.3) is 0 Å². The number of rotatable bonds is 9. The van der Waals surface area contributed by atoms with Gasteiger partial charge in [-0.05, 0) is 25.5 Å². The fraction of sp³-hybridized carbons (Fsp3) is 0.444. The van der Waals surface area contributed by atoms with Gasteiger partial charge in [-0.15, -0.1) is 24.0 Å². The molecule has 2 aromatic rings. The van der Waals surface area contributed by atoms with E-state index in [0.717, 1.165) is 49.1 Å². The molecule has 0 atom stereocenters. The van der Waals surface area contributed by atoms with Crippen molar-refractivity contribution in [3.8, 4) is 11.5 Å². The lowest BCUT2D eigenvalue weighted by molar-refractivity contribution is 0.391. The van der Waals surface area contributed by atoms with Gasteiger partial charge in [-0.3, -0.25) is 0 Å². The number of nitrogens with zero attached hydrogens (tertiary/aromatic N) is 3. The highest BCUT2D eigenvalue weighted by molar-refractivity contribution is 14.0. The van der Waals surface area contributed by atoms with E-state index in [2.05, 4.69) is 32.1 Å². The third-order valence-electron chi connectivity index (χ3n) is 3.69. The first kappa shape index (κ1) is 22.1. The first-order valence-corrected chi connectivity index (χ1v) is 8.45. The molecule has 2 rings (SSSR count). The van der Waals surface area contributed by atoms with E-state index in [9.17, 15) is 0 Å². The van der Waals surface area contributed by atoms with Crippen molar-refractivity contribution >= 4 is 29.9 Å². The standard InChI is InChI=1S/C18H27N5O2.HI/c1-4-20-18(21-8-5-10-23-11-9-19-14-23)22-13-15-6-7-16(24-2)12-17(15)25-3;/h6-7,9,11-12,14H,4-5,8,10,13H2,1-3H3,(H2,20,21,22);1H. The average molecular weight is 473 g/mol. The SMILES string of the molecule is CCNC(=NCc1ccc(OC)cc1OC)NCCCn1ccnc1.I. The van der Waals surface area contributed by atoms with Crippen LogP contribution in [0.4, 0.5) is 0 Å². The Kier molecular flexibility index (Phi) is 10.5. The fourth-order valence-electron chi connectivity index (χ4n) is 2.38. The van der Waals surface area contributed by atoms with Gasteiger partial charge in [-0.2, -0.15) is 0 Å². The number of hydrogen-bond acceptors (Lipinski definition) is 4. The summed E-state index contributed by atoms with van der Waals surface area (Å²) in [6.45, 7) is 5.16. The number of benzene rings is 1. The summed E-state index contributed by atoms with van der Waals surface area (Å²) in [5, 5.41) is 6.61. The van der Waals surface area contributed by atoms with Gasteiger partial charge >= 0.3 is 0 Å². The van der Waals surface area contributed by atoms with Crippen molar-refractivity contribution in [1.82, 2.24) is 20.2 Å². The van der Waals surface area contributed by atoms with Crippen LogP contribution in [0.25, 0.3) is 0 Å². The Morgan fingerprint density at radius 3 is 2.73 bits per heavy atom. The number of ether oxygens (including phenoxy) is 2. The van der Waals surface area contributed by atoms with Crippen LogP contribution >= 0.6 is 24.0 Å². The Morgan fingerprint density at radius 2 is 2.08 bits per heavy atom. The number of guanidine groups is 1. The molecular weight excluding hydrogens is 445 g/mol. The van der Waals surface area contributed by atoms with Gasteiger partial charge in [-0.1, -0.05) is 0 Å². The number of imidazole rings is 1. The molecule has 8 heteroatoms. The summed E-state index contributed by atoms with van der Waals surface area (Å²) >= 11 is 0. The predicted molar refractivity (Wildman–Crippen MR) is 115 cm³/mol. The summed E-state index contributed by atoms with van der Waals surface area (Å²) in [6.07, 6.45) is 6.58. The number of nitrogens with one attached hydrogen (secondary N) is 2. The van der Waals surface area contributed by atoms with Crippen molar-refractivity contribution in [2.45, 2.75) is 26.4 Å². The zero-order valence-corrected chi connectivity index (χ0v) is 17.9. The first-order valence-electron chi connectivity index (χ1n) is 8.45. The highest BCUT2D eigenvalue weighted by atomic mass is 127. The van der Waals surface area contributed by atoms with E-state index in [1.54, 1.807) is 20.4 Å². The molecular formula is C18H28IN5O2. The van der Waals surface area contributed by atoms with Crippen LogP contribution in [-0.4, -0.2) is 42.8 Å². The maximum Gasteiger partial charge on any atom is 0.191 e. The van der Waals surface area contributed by atoms with Crippen molar-refractivity contribution < 1.29 is 9.47 Å². The van der Waals surface area contributed by atoms with Gasteiger partial charge in [0.15, 0.2) is 5.96 Å². The van der Waals surface area contributed by atoms with Crippen molar-refractivity contribution in [2.75, 3.05) is 27.3 Å². The van der Waals surface area contributed by atoms with Crippen molar-refractivity contribution in [3.63, 3.8) is 0 Å². The van der Waals surface area contributed by atoms with Gasteiger partial charge in [0.1, 0.15) is 11.5 Å². The van der Waals surface area contributed by atoms with Crippen LogP contribution in [0.5, 0.6) is 11.5 Å². The van der Waals surface area contributed by atoms with E-state index >= 15 is 0 Å². The predicted octanol–water partition coefficient (Wildman–Crippen LogP) is 2.66. The largest absolute Gasteiger partial charge is 0.497 e. The quantitative estimate of drug-likeness (QED) is 0.254. The zero-order chi connectivity index (χ0) is 17.9. The third-order valence-corrected chi connectivity index (χ3v) is 3.69. The molecule has 0 aliphatic carbocycles. The highest BCUT2D eigenvalue weighted by Gasteiger charge is 2.05. The van der Waals surface area contributed by atoms with E-state index in [1.165, 1.54) is 0 Å². The first-order chi connectivity index (χ1) is 12.3. The second-order valence-corrected chi connectivity index (χ2v) is 5.45. The Hall–Kier alpha value is -1.97. The molecule has 0 bridgehead atoms. The van der Waals surface area contributed by atoms with E-state index in [-0.39, 0.29) is 24.0 Å². The summed E-state index contributed by atoms with van der Waals surface area (Å²) in [6, 6.07) is 5.76. The number of aromatic nitrogens is 2. The van der Waals surface area contributed by atoms with Crippen LogP contribution in [0, 0.1) is 0 Å². The van der Waals surface area contributed by atoms with Crippen molar-refractivity contribution in [1.29, 1.82) is 0 Å². The molecule has 144 valence electrons. The monoisotopic (exact) mass is 473 g/mol. The van der Waals surface area contributed by atoms with Gasteiger partial charge in [0, 0.05) is 43.7 Å². The van der Waals surface area contributed by atoms with Crippen LogP contribution in [0.15, 0.2) is 41.9 Å². The summed E-state index contributed by atoms with van der Waals surface area (Å²) in [7, 11) is 3.30. The lowest BCUT2D eigenvalue weighted by Gasteiger charge is -2.13. The fourth-order valence-corrected chi connectivity index (χ4v) is 2.38. The van der Waals surface area contributed by atoms with Gasteiger partial charge in [0.2, 0.25) is 0 Å². The van der Waals surface area contributed by atoms with Crippen LogP contribution in [-0.2, 0) is 13.1 Å². The Labute approximate surface area is 172 Å². The minimum Gasteiger partial charge on any atom is -0.497 e. The number of aryl methyl sites for hydroxylation is 1. The molecule has 1 heterocycles. The summed E-state index contributed by atoms with van der Waals surface area (Å²) in [4.78, 5) is 8.68. The number of methoxy groups -OCH3 is 2. The molecule has 0 spiro atoms. The van der Waals surface area contributed by atoms with Crippen LogP contribution in [0.3, 0.4) is 0 Å². The van der Waals surface area contributed by atoms with E-state index < -0.39 is 0 Å². The zero-order valence-electron chi connectivity index (χ0n) is 15.6. The summed E-state index contributed by atoms with van der Waals surface area (Å²) in [5.41, 5.74) is 1.01. The number of halogens is 1. The van der Waals surface area contributed by atoms with Crippen LogP contribution in [0.1, 0.15) is 18.9 Å². The van der Waals surface area contributed by atoms with Crippen LogP contribution in [0.2, 0.25) is 0 Å². The second kappa shape index (κ2) is 12.4. The molecule has 0 saturated heterocycles. The van der Waals surface area contributed by atoms with E-state index in [0.29, 0.717) is 6.54 Å². The topological polar surface area (TPSA) is 72.7 Å². The minimum atomic E-state index is 0. The molecule has 1 aromatic heterocycles. The van der Waals surface area contributed by atoms with Gasteiger partial charge < -0.3 is 24.7 Å². The minimum absolute atomic E-state index is 0. The number of aliphatic imine (C=N–C) groups is 1. The molecule has 0 amide bonds. The maximum atomic E-state index is 5.42. The summed E-state index contributed by atoms with van der Waals surface area (Å²) in [5.74, 6) is 2.35. The second-order valence-electron chi connectivity index (χ2n) is 5.45. The Morgan fingerprint density at radius 1 is 1.23 bits per heavy atom. The Balaban J connectivity index is 0.00000338. The smallest absolute Gasteiger partial charge is 0.191 e. The highest BCUT2D eigenvalue weighted by Crippen LogP contribution is 2.25. The molecule has 0 radical (unpaired) electrons. The van der Waals surface area contributed by atoms with E-state index in [4.69, 9.17) is 9.47 Å². The molecule has 26 heavy (non-hydrogen) atoms. The lowest BCUT2D eigenvalue weighted by atomic mass is 10.2. The molecule has 7 nitrogen and oxygen atoms in total. The van der Waals surface area contributed by atoms with Crippen molar-refractivity contribution in [3.05, 3.63) is 42.5 Å². The summed E-state index contributed by atoms with van der Waals surface area (Å²) < 4.78 is 12.7. The van der Waals surface area contributed by atoms with Gasteiger partial charge in [-0.25, -0.2) is 9.98 Å². The molecule has 0 aliphatic heterocycles. The molecule has 1 aromatic carbocycles. The van der Waals surface area contributed by atoms with Crippen LogP contribution < -0.4 is 20.1 Å². The normalized spacial score (nSPS) is 10.8. The Bertz CT molecular complexity index is 662. The van der Waals surface area contributed by atoms with Gasteiger partial charge in [0.05, 0.1) is 27.1 Å². The molecule has 2 N–H and O–H groups in total. The van der Waals surface area contributed by atoms with Crippen molar-refractivity contribution in [2.24, 2.45) is 4.99 Å². The molecule has 0 fully saturated rings. The number of hydrogen-bond donors (Lipinski definition) is 2. The molecule has 0 saturated carbocycles. The molecule has 0 unspecified atom stereocenters. The van der Waals surface area contributed by atoms with E-state index in [1.807, 2.05) is 30.7 Å². The lowest BCUT2D eigenvalue weighted by Crippen LogP contribution is -2.38. The molecule has 0 aliphatic rings. The third kappa shape index (κ3) is 7.11. The maximum absolute atomic E-state index is 5.42.